The summed E-state index contributed by atoms with van der Waals surface area (Å²) in [6, 6.07) is 5.42. The van der Waals surface area contributed by atoms with Gasteiger partial charge in [-0.15, -0.1) is 5.92 Å². The van der Waals surface area contributed by atoms with Gasteiger partial charge in [0, 0.05) is 37.1 Å². The summed E-state index contributed by atoms with van der Waals surface area (Å²) in [5, 5.41) is 11.2. The zero-order valence-electron chi connectivity index (χ0n) is 15.7. The molecule has 1 aliphatic rings. The van der Waals surface area contributed by atoms with Crippen molar-refractivity contribution in [3.8, 4) is 11.8 Å². The number of nitrogens with one attached hydrogen (secondary N) is 2. The first-order valence-electron chi connectivity index (χ1n) is 9.15. The van der Waals surface area contributed by atoms with Crippen molar-refractivity contribution < 1.29 is 9.53 Å². The Bertz CT molecular complexity index is 936. The van der Waals surface area contributed by atoms with Gasteiger partial charge in [0.25, 0.3) is 5.56 Å². The van der Waals surface area contributed by atoms with E-state index in [1.165, 1.54) is 0 Å². The van der Waals surface area contributed by atoms with E-state index < -0.39 is 0 Å². The van der Waals surface area contributed by atoms with Crippen molar-refractivity contribution in [2.45, 2.75) is 26.4 Å². The molecule has 1 atom stereocenters. The van der Waals surface area contributed by atoms with Crippen LogP contribution in [0.5, 0.6) is 0 Å². The van der Waals surface area contributed by atoms with Gasteiger partial charge in [0.15, 0.2) is 0 Å². The SMILES string of the molecule is CC#Cc1ccc2c(=O)[nH]nc(C(C)OCCC(=O)N3CCNCC3)c2c1. The molecule has 27 heavy (non-hydrogen) atoms. The van der Waals surface area contributed by atoms with Crippen molar-refractivity contribution in [2.24, 2.45) is 0 Å². The highest BCUT2D eigenvalue weighted by Gasteiger charge is 2.18. The van der Waals surface area contributed by atoms with Gasteiger partial charge in [-0.2, -0.15) is 5.10 Å². The molecule has 0 saturated carbocycles. The standard InChI is InChI=1S/C20H24N4O3/c1-3-4-15-5-6-16-17(13-15)19(22-23-20(16)26)14(2)27-12-7-18(25)24-10-8-21-9-11-24/h5-6,13-14,21H,7-12H2,1-2H3,(H,23,26). The first-order valence-corrected chi connectivity index (χ1v) is 9.15. The second-order valence-corrected chi connectivity index (χ2v) is 6.47. The van der Waals surface area contributed by atoms with Crippen LogP contribution in [0.4, 0.5) is 0 Å². The number of rotatable bonds is 5. The highest BCUT2D eigenvalue weighted by atomic mass is 16.5. The Morgan fingerprint density at radius 3 is 2.85 bits per heavy atom. The Morgan fingerprint density at radius 1 is 1.33 bits per heavy atom. The summed E-state index contributed by atoms with van der Waals surface area (Å²) in [6.07, 6.45) is -0.0249. The van der Waals surface area contributed by atoms with Gasteiger partial charge in [-0.25, -0.2) is 5.10 Å². The van der Waals surface area contributed by atoms with Crippen molar-refractivity contribution in [3.05, 3.63) is 39.8 Å². The fourth-order valence-corrected chi connectivity index (χ4v) is 3.19. The molecule has 1 fully saturated rings. The number of hydrogen-bond donors (Lipinski definition) is 2. The minimum Gasteiger partial charge on any atom is -0.372 e. The summed E-state index contributed by atoms with van der Waals surface area (Å²) in [4.78, 5) is 26.1. The first kappa shape index (κ1) is 19.1. The van der Waals surface area contributed by atoms with Crippen LogP contribution >= 0.6 is 0 Å². The van der Waals surface area contributed by atoms with E-state index in [0.717, 1.165) is 37.1 Å². The molecule has 0 spiro atoms. The Labute approximate surface area is 158 Å². The fourth-order valence-electron chi connectivity index (χ4n) is 3.19. The van der Waals surface area contributed by atoms with E-state index in [-0.39, 0.29) is 17.6 Å². The number of fused-ring (bicyclic) bond motifs is 1. The third-order valence-electron chi connectivity index (χ3n) is 4.63. The van der Waals surface area contributed by atoms with E-state index in [2.05, 4.69) is 27.4 Å². The average Bonchev–Trinajstić information content (AvgIpc) is 2.69. The molecule has 1 amide bonds. The molecule has 1 aromatic heterocycles. The average molecular weight is 368 g/mol. The van der Waals surface area contributed by atoms with Gasteiger partial charge in [0.1, 0.15) is 0 Å². The van der Waals surface area contributed by atoms with Crippen LogP contribution < -0.4 is 10.9 Å². The molecule has 7 heteroatoms. The first-order chi connectivity index (χ1) is 13.1. The molecular weight excluding hydrogens is 344 g/mol. The van der Waals surface area contributed by atoms with E-state index in [1.54, 1.807) is 13.0 Å². The van der Waals surface area contributed by atoms with Crippen molar-refractivity contribution in [2.75, 3.05) is 32.8 Å². The molecule has 1 aliphatic heterocycles. The lowest BCUT2D eigenvalue weighted by Crippen LogP contribution is -2.46. The summed E-state index contributed by atoms with van der Waals surface area (Å²) in [7, 11) is 0. The Morgan fingerprint density at radius 2 is 2.11 bits per heavy atom. The van der Waals surface area contributed by atoms with Crippen LogP contribution in [0.2, 0.25) is 0 Å². The Hall–Kier alpha value is -2.69. The van der Waals surface area contributed by atoms with Crippen LogP contribution in [0.15, 0.2) is 23.0 Å². The van der Waals surface area contributed by atoms with Gasteiger partial charge in [0.2, 0.25) is 5.91 Å². The molecule has 3 rings (SSSR count). The summed E-state index contributed by atoms with van der Waals surface area (Å²) < 4.78 is 5.85. The third-order valence-corrected chi connectivity index (χ3v) is 4.63. The number of aromatic nitrogens is 2. The van der Waals surface area contributed by atoms with Gasteiger partial charge in [-0.3, -0.25) is 9.59 Å². The van der Waals surface area contributed by atoms with Crippen LogP contribution in [-0.2, 0) is 9.53 Å². The maximum Gasteiger partial charge on any atom is 0.272 e. The molecule has 2 aromatic rings. The normalized spacial score (nSPS) is 15.3. The summed E-state index contributed by atoms with van der Waals surface area (Å²) in [5.41, 5.74) is 1.21. The Kier molecular flexibility index (Phi) is 6.22. The zero-order valence-corrected chi connectivity index (χ0v) is 15.7. The quantitative estimate of drug-likeness (QED) is 0.775. The number of hydrogen-bond acceptors (Lipinski definition) is 5. The van der Waals surface area contributed by atoms with Gasteiger partial charge in [-0.05, 0) is 32.0 Å². The molecule has 7 nitrogen and oxygen atoms in total. The molecule has 2 heterocycles. The zero-order chi connectivity index (χ0) is 19.2. The van der Waals surface area contributed by atoms with E-state index in [0.29, 0.717) is 24.1 Å². The van der Waals surface area contributed by atoms with E-state index in [1.807, 2.05) is 24.0 Å². The van der Waals surface area contributed by atoms with Crippen molar-refractivity contribution in [3.63, 3.8) is 0 Å². The second kappa shape index (κ2) is 8.80. The number of amides is 1. The Balaban J connectivity index is 1.71. The van der Waals surface area contributed by atoms with Gasteiger partial charge < -0.3 is 15.0 Å². The highest BCUT2D eigenvalue weighted by molar-refractivity contribution is 5.85. The lowest BCUT2D eigenvalue weighted by atomic mass is 10.1. The molecule has 0 bridgehead atoms. The van der Waals surface area contributed by atoms with Gasteiger partial charge >= 0.3 is 0 Å². The molecule has 1 unspecified atom stereocenters. The number of H-pyrrole nitrogens is 1. The smallest absolute Gasteiger partial charge is 0.272 e. The lowest BCUT2D eigenvalue weighted by molar-refractivity contribution is -0.133. The van der Waals surface area contributed by atoms with E-state index in [4.69, 9.17) is 4.74 Å². The number of aromatic amines is 1. The predicted molar refractivity (Wildman–Crippen MR) is 103 cm³/mol. The molecule has 1 saturated heterocycles. The van der Waals surface area contributed by atoms with Gasteiger partial charge in [0.05, 0.1) is 30.2 Å². The third kappa shape index (κ3) is 4.54. The summed E-state index contributed by atoms with van der Waals surface area (Å²) in [5.74, 6) is 5.95. The fraction of sp³-hybridized carbons (Fsp3) is 0.450. The van der Waals surface area contributed by atoms with Crippen LogP contribution in [0.25, 0.3) is 10.8 Å². The van der Waals surface area contributed by atoms with Crippen LogP contribution in [0.3, 0.4) is 0 Å². The number of nitrogens with zero attached hydrogens (tertiary/aromatic N) is 2. The number of carbonyl (C=O) groups is 1. The maximum atomic E-state index is 12.2. The molecular formula is C20H24N4O3. The largest absolute Gasteiger partial charge is 0.372 e. The monoisotopic (exact) mass is 368 g/mol. The molecule has 0 aliphatic carbocycles. The van der Waals surface area contributed by atoms with Crippen molar-refractivity contribution in [1.82, 2.24) is 20.4 Å². The van der Waals surface area contributed by atoms with Gasteiger partial charge in [-0.1, -0.05) is 5.92 Å². The summed E-state index contributed by atoms with van der Waals surface area (Å²) in [6.45, 7) is 7.08. The molecule has 1 aromatic carbocycles. The number of ether oxygens (including phenoxy) is 1. The number of piperazine rings is 1. The van der Waals surface area contributed by atoms with Crippen molar-refractivity contribution >= 4 is 16.7 Å². The molecule has 2 N–H and O–H groups in total. The summed E-state index contributed by atoms with van der Waals surface area (Å²) >= 11 is 0. The highest BCUT2D eigenvalue weighted by Crippen LogP contribution is 2.23. The maximum absolute atomic E-state index is 12.2. The van der Waals surface area contributed by atoms with Crippen LogP contribution in [-0.4, -0.2) is 53.8 Å². The van der Waals surface area contributed by atoms with Crippen molar-refractivity contribution in [1.29, 1.82) is 0 Å². The second-order valence-electron chi connectivity index (χ2n) is 6.47. The number of benzene rings is 1. The lowest BCUT2D eigenvalue weighted by Gasteiger charge is -2.27. The van der Waals surface area contributed by atoms with E-state index in [9.17, 15) is 9.59 Å². The minimum absolute atomic E-state index is 0.100. The van der Waals surface area contributed by atoms with Crippen LogP contribution in [0, 0.1) is 11.8 Å². The minimum atomic E-state index is -0.356. The topological polar surface area (TPSA) is 87.3 Å². The molecule has 142 valence electrons. The van der Waals surface area contributed by atoms with Crippen LogP contribution in [0.1, 0.15) is 37.6 Å². The molecule has 0 radical (unpaired) electrons. The van der Waals surface area contributed by atoms with E-state index >= 15 is 0 Å². The predicted octanol–water partition coefficient (Wildman–Crippen LogP) is 1.19. The number of carbonyl (C=O) groups excluding carboxylic acids is 1.